The second-order valence-corrected chi connectivity index (χ2v) is 10.6. The van der Waals surface area contributed by atoms with E-state index < -0.39 is 52.2 Å². The molecule has 15 heteroatoms. The van der Waals surface area contributed by atoms with E-state index in [1.807, 2.05) is 0 Å². The summed E-state index contributed by atoms with van der Waals surface area (Å²) in [5, 5.41) is 0.0928. The number of halogens is 8. The van der Waals surface area contributed by atoms with Gasteiger partial charge in [0.05, 0.1) is 29.4 Å². The molecule has 1 heterocycles. The van der Waals surface area contributed by atoms with Crippen LogP contribution in [0.4, 0.5) is 37.7 Å². The van der Waals surface area contributed by atoms with Crippen molar-refractivity contribution in [2.24, 2.45) is 5.73 Å². The molecule has 2 N–H and O–H groups in total. The number of hydrogen-bond acceptors (Lipinski definition) is 5. The Morgan fingerprint density at radius 2 is 1.47 bits per heavy atom. The molecule has 1 aliphatic rings. The molecule has 240 valence electrons. The van der Waals surface area contributed by atoms with Gasteiger partial charge in [-0.3, -0.25) is 19.4 Å². The van der Waals surface area contributed by atoms with Crippen molar-refractivity contribution in [1.29, 1.82) is 0 Å². The van der Waals surface area contributed by atoms with Crippen molar-refractivity contribution in [2.75, 3.05) is 44.4 Å². The van der Waals surface area contributed by atoms with E-state index in [2.05, 4.69) is 4.90 Å². The van der Waals surface area contributed by atoms with E-state index in [1.54, 1.807) is 0 Å². The van der Waals surface area contributed by atoms with Gasteiger partial charge < -0.3 is 15.2 Å². The van der Waals surface area contributed by atoms with Gasteiger partial charge in [-0.15, -0.1) is 0 Å². The monoisotopic (exact) mass is 675 g/mol. The topological polar surface area (TPSA) is 85.1 Å². The third-order valence-corrected chi connectivity index (χ3v) is 7.16. The number of anilines is 2. The van der Waals surface area contributed by atoms with Gasteiger partial charge in [0.25, 0.3) is 11.8 Å². The number of carbonyl (C=O) groups excluding carboxylic acids is 2. The number of rotatable bonds is 9. The number of amides is 2. The molecule has 2 amide bonds. The molecule has 45 heavy (non-hydrogen) atoms. The zero-order chi connectivity index (χ0) is 32.9. The first-order chi connectivity index (χ1) is 21.1. The minimum Gasteiger partial charge on any atom is -0.490 e. The Morgan fingerprint density at radius 1 is 0.911 bits per heavy atom. The van der Waals surface area contributed by atoms with Gasteiger partial charge in [0.15, 0.2) is 0 Å². The Labute approximate surface area is 263 Å². The summed E-state index contributed by atoms with van der Waals surface area (Å²) in [6.07, 6.45) is -8.74. The zero-order valence-electron chi connectivity index (χ0n) is 23.2. The number of alkyl halides is 6. The van der Waals surface area contributed by atoms with Gasteiger partial charge in [-0.05, 0) is 54.6 Å². The van der Waals surface area contributed by atoms with Crippen LogP contribution >= 0.6 is 23.2 Å². The Balaban J connectivity index is 1.80. The van der Waals surface area contributed by atoms with E-state index in [9.17, 15) is 35.9 Å². The Kier molecular flexibility index (Phi) is 10.7. The molecular formula is C30H25Cl2F6N3O4. The number of hydrogen-bond donors (Lipinski definition) is 1. The molecule has 0 radical (unpaired) electrons. The van der Waals surface area contributed by atoms with Crippen LogP contribution in [0.5, 0.6) is 5.75 Å². The average molecular weight is 676 g/mol. The second-order valence-electron chi connectivity index (χ2n) is 9.77. The zero-order valence-corrected chi connectivity index (χ0v) is 24.7. The summed E-state index contributed by atoms with van der Waals surface area (Å²) >= 11 is 12.6. The summed E-state index contributed by atoms with van der Waals surface area (Å²) in [5.74, 6) is -2.64. The van der Waals surface area contributed by atoms with Crippen molar-refractivity contribution in [1.82, 2.24) is 4.90 Å². The largest absolute Gasteiger partial charge is 0.490 e. The normalized spacial score (nSPS) is 14.7. The lowest BCUT2D eigenvalue weighted by Gasteiger charge is -2.26. The lowest BCUT2D eigenvalue weighted by atomic mass is 10.1. The van der Waals surface area contributed by atoms with Gasteiger partial charge >= 0.3 is 12.4 Å². The van der Waals surface area contributed by atoms with E-state index in [0.29, 0.717) is 49.9 Å². The minimum absolute atomic E-state index is 0.0135. The van der Waals surface area contributed by atoms with Gasteiger partial charge in [-0.2, -0.15) is 26.3 Å². The highest BCUT2D eigenvalue weighted by atomic mass is 35.5. The van der Waals surface area contributed by atoms with Crippen LogP contribution in [0.1, 0.15) is 16.7 Å². The Hall–Kier alpha value is -3.78. The molecule has 1 aliphatic heterocycles. The first-order valence-corrected chi connectivity index (χ1v) is 14.0. The van der Waals surface area contributed by atoms with E-state index in [1.165, 1.54) is 12.1 Å². The van der Waals surface area contributed by atoms with Gasteiger partial charge in [0.2, 0.25) is 0 Å². The highest BCUT2D eigenvalue weighted by Crippen LogP contribution is 2.38. The number of primary amides is 1. The molecule has 0 saturated carbocycles. The molecule has 0 spiro atoms. The third kappa shape index (κ3) is 8.69. The maximum Gasteiger partial charge on any atom is 0.416 e. The number of carbonyl (C=O) groups is 2. The van der Waals surface area contributed by atoms with Gasteiger partial charge in [0.1, 0.15) is 17.9 Å². The first-order valence-electron chi connectivity index (χ1n) is 13.3. The molecular weight excluding hydrogens is 651 g/mol. The number of benzene rings is 3. The number of nitrogens with two attached hydrogens (primary N) is 1. The lowest BCUT2D eigenvalue weighted by Crippen LogP contribution is -2.38. The van der Waals surface area contributed by atoms with Gasteiger partial charge in [-0.25, -0.2) is 0 Å². The van der Waals surface area contributed by atoms with Crippen molar-refractivity contribution in [3.8, 4) is 5.75 Å². The van der Waals surface area contributed by atoms with Crippen LogP contribution in [0.25, 0.3) is 6.08 Å². The molecule has 4 rings (SSSR count). The lowest BCUT2D eigenvalue weighted by molar-refractivity contribution is -0.138. The predicted molar refractivity (Wildman–Crippen MR) is 156 cm³/mol. The van der Waals surface area contributed by atoms with Crippen LogP contribution in [0.3, 0.4) is 0 Å². The van der Waals surface area contributed by atoms with E-state index >= 15 is 0 Å². The van der Waals surface area contributed by atoms with Crippen LogP contribution < -0.4 is 15.4 Å². The van der Waals surface area contributed by atoms with Crippen LogP contribution in [-0.2, 0) is 26.7 Å². The van der Waals surface area contributed by atoms with E-state index in [-0.39, 0.29) is 28.0 Å². The maximum atomic E-state index is 14.0. The average Bonchev–Trinajstić information content (AvgIpc) is 2.97. The number of nitrogens with zero attached hydrogens (tertiary/aromatic N) is 2. The molecule has 0 atom stereocenters. The van der Waals surface area contributed by atoms with Gasteiger partial charge in [-0.1, -0.05) is 35.3 Å². The molecule has 1 fully saturated rings. The van der Waals surface area contributed by atoms with Crippen LogP contribution in [0.2, 0.25) is 10.0 Å². The third-order valence-electron chi connectivity index (χ3n) is 6.66. The fourth-order valence-corrected chi connectivity index (χ4v) is 5.05. The van der Waals surface area contributed by atoms with Crippen molar-refractivity contribution in [2.45, 2.75) is 12.4 Å². The molecule has 0 aliphatic carbocycles. The summed E-state index contributed by atoms with van der Waals surface area (Å²) in [5.41, 5.74) is 1.44. The van der Waals surface area contributed by atoms with Crippen LogP contribution in [-0.4, -0.2) is 56.2 Å². The maximum absolute atomic E-state index is 14.0. The minimum atomic E-state index is -4.86. The summed E-state index contributed by atoms with van der Waals surface area (Å²) in [7, 11) is 0. The summed E-state index contributed by atoms with van der Waals surface area (Å²) in [6, 6.07) is 9.31. The molecule has 0 aromatic heterocycles. The number of morpholine rings is 1. The quantitative estimate of drug-likeness (QED) is 0.115. The molecule has 3 aromatic rings. The Morgan fingerprint density at radius 3 is 1.98 bits per heavy atom. The van der Waals surface area contributed by atoms with Crippen LogP contribution in [0, 0.1) is 0 Å². The van der Waals surface area contributed by atoms with Crippen molar-refractivity contribution in [3.05, 3.63) is 93.0 Å². The highest BCUT2D eigenvalue weighted by molar-refractivity contribution is 6.36. The number of ether oxygens (including phenoxy) is 2. The molecule has 0 bridgehead atoms. The molecule has 7 nitrogen and oxygen atoms in total. The predicted octanol–water partition coefficient (Wildman–Crippen LogP) is 6.98. The summed E-state index contributed by atoms with van der Waals surface area (Å²) in [4.78, 5) is 29.3. The fraction of sp³-hybridized carbons (Fsp3) is 0.267. The van der Waals surface area contributed by atoms with Crippen molar-refractivity contribution in [3.63, 3.8) is 0 Å². The standard InChI is InChI=1S/C30H25Cl2F6N3O4/c31-21-13-18(26(25(32)17-21)45-12-9-40-7-10-44-11-8-40)14-24(27(39)42)28(43)41(22-5-1-3-19(15-22)29(33,34)35)23-6-2-4-20(16-23)30(36,37)38/h1-6,13-17H,7-12H2,(H2,39,42). The fourth-order valence-electron chi connectivity index (χ4n) is 4.48. The van der Waals surface area contributed by atoms with Gasteiger partial charge in [0, 0.05) is 41.6 Å². The summed E-state index contributed by atoms with van der Waals surface area (Å²) < 4.78 is 92.7. The van der Waals surface area contributed by atoms with E-state index in [4.69, 9.17) is 38.4 Å². The van der Waals surface area contributed by atoms with Crippen molar-refractivity contribution < 1.29 is 45.4 Å². The van der Waals surface area contributed by atoms with Crippen LogP contribution in [0.15, 0.2) is 66.2 Å². The molecule has 3 aromatic carbocycles. The summed E-state index contributed by atoms with van der Waals surface area (Å²) in [6.45, 7) is 3.05. The highest BCUT2D eigenvalue weighted by Gasteiger charge is 2.35. The SMILES string of the molecule is NC(=O)C(=Cc1cc(Cl)cc(Cl)c1OCCN1CCOCC1)C(=O)N(c1cccc(C(F)(F)F)c1)c1cccc(C(F)(F)F)c1. The second kappa shape index (κ2) is 14.1. The smallest absolute Gasteiger partial charge is 0.416 e. The first kappa shape index (κ1) is 34.1. The molecule has 0 unspecified atom stereocenters. The van der Waals surface area contributed by atoms with Crippen molar-refractivity contribution >= 4 is 52.5 Å². The Bertz CT molecular complexity index is 1530. The molecule has 1 saturated heterocycles. The van der Waals surface area contributed by atoms with E-state index in [0.717, 1.165) is 42.5 Å².